The van der Waals surface area contributed by atoms with Crippen LogP contribution in [0.4, 0.5) is 11.6 Å². The molecule has 49 heavy (non-hydrogen) atoms. The van der Waals surface area contributed by atoms with E-state index in [0.29, 0.717) is 78.8 Å². The summed E-state index contributed by atoms with van der Waals surface area (Å²) < 4.78 is 20.2. The summed E-state index contributed by atoms with van der Waals surface area (Å²) in [5.74, 6) is 2.30. The van der Waals surface area contributed by atoms with E-state index < -0.39 is 6.04 Å². The third-order valence-electron chi connectivity index (χ3n) is 7.69. The lowest BCUT2D eigenvalue weighted by Gasteiger charge is -2.29. The van der Waals surface area contributed by atoms with E-state index in [1.807, 2.05) is 92.7 Å². The van der Waals surface area contributed by atoms with Crippen molar-refractivity contribution >= 4 is 68.4 Å². The lowest BCUT2D eigenvalue weighted by atomic mass is 9.94. The normalized spacial score (nSPS) is 13.8. The number of ether oxygens (including phenoxy) is 3. The first kappa shape index (κ1) is 34.7. The second kappa shape index (κ2) is 15.6. The number of benzene rings is 4. The van der Waals surface area contributed by atoms with Crippen molar-refractivity contribution in [1.82, 2.24) is 14.8 Å². The maximum atomic E-state index is 14.2. The van der Waals surface area contributed by atoms with Gasteiger partial charge < -0.3 is 24.8 Å². The summed E-state index contributed by atoms with van der Waals surface area (Å²) in [6, 6.07) is 25.5. The number of amides is 1. The predicted octanol–water partition coefficient (Wildman–Crippen LogP) is 9.55. The smallest absolute Gasteiger partial charge is 0.255 e. The van der Waals surface area contributed by atoms with E-state index in [1.54, 1.807) is 17.9 Å². The quantitative estimate of drug-likeness (QED) is 0.121. The van der Waals surface area contributed by atoms with E-state index in [9.17, 15) is 4.79 Å². The number of carbonyl (C=O) groups is 1. The molecule has 13 heteroatoms. The van der Waals surface area contributed by atoms with Gasteiger partial charge >= 0.3 is 0 Å². The number of methoxy groups -OCH3 is 1. The van der Waals surface area contributed by atoms with Gasteiger partial charge in [0.05, 0.1) is 29.4 Å². The third kappa shape index (κ3) is 7.86. The van der Waals surface area contributed by atoms with Gasteiger partial charge in [0.25, 0.3) is 5.91 Å². The van der Waals surface area contributed by atoms with Gasteiger partial charge in [0.2, 0.25) is 11.1 Å². The topological polar surface area (TPSA) is 99.5 Å². The summed E-state index contributed by atoms with van der Waals surface area (Å²) in [4.78, 5) is 19.0. The molecule has 1 aliphatic heterocycles. The molecular formula is C36H32BrCl2N5O4S. The molecule has 0 aliphatic carbocycles. The van der Waals surface area contributed by atoms with Gasteiger partial charge in [-0.05, 0) is 88.9 Å². The van der Waals surface area contributed by atoms with Crippen molar-refractivity contribution < 1.29 is 19.0 Å². The van der Waals surface area contributed by atoms with E-state index >= 15 is 0 Å². The number of rotatable bonds is 12. The van der Waals surface area contributed by atoms with Crippen molar-refractivity contribution in [3.8, 4) is 17.2 Å². The number of aromatic nitrogens is 3. The van der Waals surface area contributed by atoms with Gasteiger partial charge in [-0.3, -0.25) is 4.79 Å². The van der Waals surface area contributed by atoms with Gasteiger partial charge in [-0.15, -0.1) is 5.10 Å². The Hall–Kier alpha value is -4.16. The van der Waals surface area contributed by atoms with Crippen LogP contribution in [0.5, 0.6) is 17.2 Å². The summed E-state index contributed by atoms with van der Waals surface area (Å²) in [6.07, 6.45) is 0. The SMILES string of the molecule is CCOc1ccccc1NC(=O)C1=C(C)Nc2nc(SCc3ccccc3Cl)nn2C1c1cc(Br)c(OCc2ccc(Cl)cc2)c(OC)c1. The van der Waals surface area contributed by atoms with Crippen LogP contribution in [0.1, 0.15) is 36.6 Å². The average Bonchev–Trinajstić information content (AvgIpc) is 3.50. The Kier molecular flexibility index (Phi) is 11.0. The number of hydrogen-bond acceptors (Lipinski definition) is 8. The Bertz CT molecular complexity index is 2020. The largest absolute Gasteiger partial charge is 0.493 e. The molecule has 0 spiro atoms. The molecule has 6 rings (SSSR count). The highest BCUT2D eigenvalue weighted by Gasteiger charge is 2.36. The number of anilines is 2. The fourth-order valence-electron chi connectivity index (χ4n) is 5.37. The molecular weight excluding hydrogens is 749 g/mol. The van der Waals surface area contributed by atoms with Gasteiger partial charge in [-0.2, -0.15) is 4.98 Å². The van der Waals surface area contributed by atoms with E-state index in [-0.39, 0.29) is 5.91 Å². The molecule has 4 aromatic carbocycles. The number of thioether (sulfide) groups is 1. The van der Waals surface area contributed by atoms with Crippen molar-refractivity contribution in [3.05, 3.63) is 127 Å². The van der Waals surface area contributed by atoms with Crippen LogP contribution in [0.15, 0.2) is 106 Å². The average molecular weight is 782 g/mol. The first-order valence-electron chi connectivity index (χ1n) is 15.3. The Morgan fingerprint density at radius 2 is 1.78 bits per heavy atom. The van der Waals surface area contributed by atoms with Crippen molar-refractivity contribution in [2.45, 2.75) is 37.4 Å². The molecule has 0 saturated carbocycles. The summed E-state index contributed by atoms with van der Waals surface area (Å²) in [5.41, 5.74) is 4.25. The minimum atomic E-state index is -0.687. The molecule has 5 aromatic rings. The Morgan fingerprint density at radius 1 is 1.02 bits per heavy atom. The Balaban J connectivity index is 1.38. The molecule has 0 bridgehead atoms. The molecule has 1 aliphatic rings. The van der Waals surface area contributed by atoms with Crippen LogP contribution in [0.25, 0.3) is 0 Å². The number of hydrogen-bond donors (Lipinski definition) is 2. The second-order valence-electron chi connectivity index (χ2n) is 10.9. The number of halogens is 3. The van der Waals surface area contributed by atoms with E-state index in [4.69, 9.17) is 47.5 Å². The van der Waals surface area contributed by atoms with Crippen molar-refractivity contribution in [1.29, 1.82) is 0 Å². The van der Waals surface area contributed by atoms with E-state index in [0.717, 1.165) is 16.7 Å². The second-order valence-corrected chi connectivity index (χ2v) is 13.6. The standard InChI is InChI=1S/C36H32BrCl2N5O4S/c1-4-47-29-12-8-7-11-28(29)41-34(45)31-21(2)40-35-42-36(49-20-23-9-5-6-10-27(23)39)43-44(35)32(31)24-17-26(37)33(30(18-24)46-3)48-19-22-13-15-25(38)16-14-22/h5-18,32H,4,19-20H2,1-3H3,(H,41,45)(H,40,42,43). The molecule has 0 radical (unpaired) electrons. The van der Waals surface area contributed by atoms with Crippen LogP contribution < -0.4 is 24.8 Å². The zero-order chi connectivity index (χ0) is 34.5. The molecule has 1 unspecified atom stereocenters. The van der Waals surface area contributed by atoms with Crippen molar-refractivity contribution in [3.63, 3.8) is 0 Å². The molecule has 0 fully saturated rings. The van der Waals surface area contributed by atoms with Crippen molar-refractivity contribution in [2.24, 2.45) is 0 Å². The number of nitrogens with zero attached hydrogens (tertiary/aromatic N) is 3. The highest BCUT2D eigenvalue weighted by atomic mass is 79.9. The van der Waals surface area contributed by atoms with Gasteiger partial charge in [-0.25, -0.2) is 4.68 Å². The monoisotopic (exact) mass is 779 g/mol. The highest BCUT2D eigenvalue weighted by molar-refractivity contribution is 9.10. The van der Waals surface area contributed by atoms with Crippen LogP contribution in [0, 0.1) is 0 Å². The Morgan fingerprint density at radius 3 is 2.53 bits per heavy atom. The van der Waals surface area contributed by atoms with Gasteiger partial charge in [0.1, 0.15) is 18.4 Å². The molecule has 252 valence electrons. The lowest BCUT2D eigenvalue weighted by molar-refractivity contribution is -0.113. The Labute approximate surface area is 307 Å². The summed E-state index contributed by atoms with van der Waals surface area (Å²) in [6.45, 7) is 4.50. The molecule has 9 nitrogen and oxygen atoms in total. The lowest BCUT2D eigenvalue weighted by Crippen LogP contribution is -2.31. The van der Waals surface area contributed by atoms with Gasteiger partial charge in [-0.1, -0.05) is 77.4 Å². The highest BCUT2D eigenvalue weighted by Crippen LogP contribution is 2.44. The maximum absolute atomic E-state index is 14.2. The van der Waals surface area contributed by atoms with Crippen LogP contribution in [-0.4, -0.2) is 34.4 Å². The number of allylic oxidation sites excluding steroid dienone is 1. The number of carbonyl (C=O) groups excluding carboxylic acids is 1. The molecule has 0 saturated heterocycles. The first-order chi connectivity index (χ1) is 23.7. The van der Waals surface area contributed by atoms with E-state index in [1.165, 1.54) is 11.8 Å². The predicted molar refractivity (Wildman–Crippen MR) is 198 cm³/mol. The number of nitrogens with one attached hydrogen (secondary N) is 2. The van der Waals surface area contributed by atoms with Crippen LogP contribution in [0.2, 0.25) is 10.0 Å². The van der Waals surface area contributed by atoms with Gasteiger partial charge in [0, 0.05) is 21.5 Å². The minimum absolute atomic E-state index is 0.296. The van der Waals surface area contributed by atoms with E-state index in [2.05, 4.69) is 26.6 Å². The molecule has 1 amide bonds. The van der Waals surface area contributed by atoms with Crippen LogP contribution >= 0.6 is 50.9 Å². The van der Waals surface area contributed by atoms with Crippen molar-refractivity contribution in [2.75, 3.05) is 24.4 Å². The summed E-state index contributed by atoms with van der Waals surface area (Å²) >= 11 is 17.6. The van der Waals surface area contributed by atoms with Crippen LogP contribution in [0.3, 0.4) is 0 Å². The third-order valence-corrected chi connectivity index (χ3v) is 9.79. The maximum Gasteiger partial charge on any atom is 0.255 e. The minimum Gasteiger partial charge on any atom is -0.493 e. The van der Waals surface area contributed by atoms with Gasteiger partial charge in [0.15, 0.2) is 11.5 Å². The fraction of sp³-hybridized carbons (Fsp3) is 0.194. The zero-order valence-corrected chi connectivity index (χ0v) is 30.7. The number of fused-ring (bicyclic) bond motifs is 1. The summed E-state index contributed by atoms with van der Waals surface area (Å²) in [7, 11) is 1.58. The molecule has 1 aromatic heterocycles. The first-order valence-corrected chi connectivity index (χ1v) is 17.9. The molecule has 2 heterocycles. The summed E-state index contributed by atoms with van der Waals surface area (Å²) in [5, 5.41) is 13.1. The molecule has 2 N–H and O–H groups in total. The zero-order valence-electron chi connectivity index (χ0n) is 26.8. The molecule has 1 atom stereocenters. The number of para-hydroxylation sites is 2. The fourth-order valence-corrected chi connectivity index (χ4v) is 7.18. The van der Waals surface area contributed by atoms with Crippen LogP contribution in [-0.2, 0) is 17.2 Å².